The van der Waals surface area contributed by atoms with Crippen molar-refractivity contribution in [1.82, 2.24) is 14.5 Å². The second-order valence-electron chi connectivity index (χ2n) is 8.39. The maximum absolute atomic E-state index is 13.0. The molecule has 2 amide bonds. The largest absolute Gasteiger partial charge is 0.332 e. The van der Waals surface area contributed by atoms with Crippen LogP contribution in [0.25, 0.3) is 16.6 Å². The Morgan fingerprint density at radius 2 is 1.68 bits per heavy atom. The lowest BCUT2D eigenvalue weighted by Crippen LogP contribution is -2.35. The van der Waals surface area contributed by atoms with Crippen LogP contribution in [0.4, 0.5) is 5.69 Å². The molecule has 1 aromatic heterocycles. The van der Waals surface area contributed by atoms with Crippen molar-refractivity contribution in [1.29, 1.82) is 0 Å². The maximum atomic E-state index is 13.0. The molecular formula is C27H26N4O3. The molecule has 172 valence electrons. The summed E-state index contributed by atoms with van der Waals surface area (Å²) in [5, 5.41) is 3.40. The van der Waals surface area contributed by atoms with E-state index in [-0.39, 0.29) is 23.9 Å². The highest BCUT2D eigenvalue weighted by Crippen LogP contribution is 2.17. The van der Waals surface area contributed by atoms with Crippen LogP contribution < -0.4 is 10.9 Å². The van der Waals surface area contributed by atoms with Gasteiger partial charge in [0.2, 0.25) is 5.91 Å². The first kappa shape index (κ1) is 22.9. The molecule has 0 aliphatic rings. The van der Waals surface area contributed by atoms with Crippen molar-refractivity contribution in [3.63, 3.8) is 0 Å². The number of carbonyl (C=O) groups is 2. The van der Waals surface area contributed by atoms with E-state index in [1.807, 2.05) is 44.2 Å². The van der Waals surface area contributed by atoms with E-state index in [4.69, 9.17) is 0 Å². The number of likely N-dealkylation sites (N-methyl/N-ethyl adjacent to an activating group) is 1. The molecule has 0 saturated heterocycles. The van der Waals surface area contributed by atoms with Crippen LogP contribution in [0.2, 0.25) is 0 Å². The fourth-order valence-corrected chi connectivity index (χ4v) is 3.87. The Morgan fingerprint density at radius 3 is 2.41 bits per heavy atom. The fraction of sp³-hybridized carbons (Fsp3) is 0.185. The van der Waals surface area contributed by atoms with Gasteiger partial charge in [-0.05, 0) is 74.4 Å². The monoisotopic (exact) mass is 454 g/mol. The number of nitrogens with one attached hydrogen (secondary N) is 1. The van der Waals surface area contributed by atoms with Crippen molar-refractivity contribution < 1.29 is 9.59 Å². The highest BCUT2D eigenvalue weighted by Gasteiger charge is 2.17. The van der Waals surface area contributed by atoms with Gasteiger partial charge in [0, 0.05) is 18.3 Å². The van der Waals surface area contributed by atoms with Gasteiger partial charge in [-0.2, -0.15) is 0 Å². The number of carbonyl (C=O) groups excluding carboxylic acids is 2. The minimum atomic E-state index is -0.289. The van der Waals surface area contributed by atoms with Crippen molar-refractivity contribution in [2.75, 3.05) is 18.9 Å². The Balaban J connectivity index is 1.50. The number of benzene rings is 3. The first-order valence-electron chi connectivity index (χ1n) is 11.0. The molecule has 4 rings (SSSR count). The minimum Gasteiger partial charge on any atom is -0.332 e. The highest BCUT2D eigenvalue weighted by atomic mass is 16.2. The van der Waals surface area contributed by atoms with Crippen molar-refractivity contribution in [3.8, 4) is 5.69 Å². The summed E-state index contributed by atoms with van der Waals surface area (Å²) < 4.78 is 1.53. The third-order valence-electron chi connectivity index (χ3n) is 5.71. The van der Waals surface area contributed by atoms with E-state index in [0.717, 1.165) is 16.8 Å². The minimum absolute atomic E-state index is 0.0822. The van der Waals surface area contributed by atoms with Gasteiger partial charge in [0.05, 0.1) is 23.1 Å². The number of aryl methyl sites for hydroxylation is 3. The van der Waals surface area contributed by atoms with E-state index in [0.29, 0.717) is 28.0 Å². The number of hydrogen-bond donors (Lipinski definition) is 1. The number of fused-ring (bicyclic) bond motifs is 1. The number of aromatic nitrogens is 2. The summed E-state index contributed by atoms with van der Waals surface area (Å²) in [6.45, 7) is 5.57. The second kappa shape index (κ2) is 9.31. The van der Waals surface area contributed by atoms with Gasteiger partial charge in [-0.1, -0.05) is 24.3 Å². The lowest BCUT2D eigenvalue weighted by Gasteiger charge is -2.18. The van der Waals surface area contributed by atoms with E-state index in [9.17, 15) is 14.4 Å². The molecule has 0 fully saturated rings. The zero-order valence-electron chi connectivity index (χ0n) is 19.6. The van der Waals surface area contributed by atoms with Gasteiger partial charge in [-0.3, -0.25) is 19.0 Å². The number of hydrogen-bond acceptors (Lipinski definition) is 4. The van der Waals surface area contributed by atoms with Crippen LogP contribution in [0.3, 0.4) is 0 Å². The number of anilines is 1. The zero-order chi connectivity index (χ0) is 24.4. The summed E-state index contributed by atoms with van der Waals surface area (Å²) in [6.07, 6.45) is 0. The van der Waals surface area contributed by atoms with E-state index in [1.54, 1.807) is 50.4 Å². The van der Waals surface area contributed by atoms with Crippen LogP contribution in [-0.4, -0.2) is 39.9 Å². The lowest BCUT2D eigenvalue weighted by atomic mass is 10.1. The molecule has 0 spiro atoms. The van der Waals surface area contributed by atoms with Crippen LogP contribution in [0.1, 0.15) is 27.3 Å². The van der Waals surface area contributed by atoms with Crippen molar-refractivity contribution in [2.45, 2.75) is 20.8 Å². The van der Waals surface area contributed by atoms with Gasteiger partial charge in [-0.15, -0.1) is 0 Å². The number of para-hydroxylation sites is 1. The second-order valence-corrected chi connectivity index (χ2v) is 8.39. The molecule has 0 atom stereocenters. The Bertz CT molecular complexity index is 1460. The van der Waals surface area contributed by atoms with E-state index in [1.165, 1.54) is 9.47 Å². The first-order chi connectivity index (χ1) is 16.2. The van der Waals surface area contributed by atoms with Gasteiger partial charge >= 0.3 is 0 Å². The molecule has 0 radical (unpaired) electrons. The Labute approximate surface area is 197 Å². The Morgan fingerprint density at radius 1 is 0.971 bits per heavy atom. The molecule has 0 unspecified atom stereocenters. The van der Waals surface area contributed by atoms with E-state index < -0.39 is 0 Å². The SMILES string of the molecule is Cc1ccc(C)c(NC(=O)CN(C)C(=O)c2ccc(-n3c(C)nc4ccccc4c3=O)cc2)c1. The van der Waals surface area contributed by atoms with Crippen LogP contribution in [0.15, 0.2) is 71.5 Å². The van der Waals surface area contributed by atoms with Crippen molar-refractivity contribution in [3.05, 3.63) is 99.6 Å². The zero-order valence-corrected chi connectivity index (χ0v) is 19.6. The van der Waals surface area contributed by atoms with E-state index in [2.05, 4.69) is 10.3 Å². The van der Waals surface area contributed by atoms with Crippen LogP contribution in [-0.2, 0) is 4.79 Å². The molecular weight excluding hydrogens is 428 g/mol. The van der Waals surface area contributed by atoms with Crippen molar-refractivity contribution >= 4 is 28.4 Å². The molecule has 7 nitrogen and oxygen atoms in total. The van der Waals surface area contributed by atoms with Gasteiger partial charge in [0.25, 0.3) is 11.5 Å². The number of amides is 2. The predicted octanol–water partition coefficient (Wildman–Crippen LogP) is 4.02. The molecule has 1 heterocycles. The maximum Gasteiger partial charge on any atom is 0.265 e. The van der Waals surface area contributed by atoms with Crippen LogP contribution >= 0.6 is 0 Å². The summed E-state index contributed by atoms with van der Waals surface area (Å²) in [7, 11) is 1.58. The lowest BCUT2D eigenvalue weighted by molar-refractivity contribution is -0.116. The normalized spacial score (nSPS) is 10.8. The molecule has 4 aromatic rings. The van der Waals surface area contributed by atoms with Crippen molar-refractivity contribution in [2.24, 2.45) is 0 Å². The third kappa shape index (κ3) is 4.59. The molecule has 0 aliphatic carbocycles. The highest BCUT2D eigenvalue weighted by molar-refractivity contribution is 5.99. The smallest absolute Gasteiger partial charge is 0.265 e. The van der Waals surface area contributed by atoms with Gasteiger partial charge < -0.3 is 10.2 Å². The Kier molecular flexibility index (Phi) is 6.27. The number of rotatable bonds is 5. The summed E-state index contributed by atoms with van der Waals surface area (Å²) in [5.41, 5.74) is 4.26. The Hall–Kier alpha value is -4.26. The van der Waals surface area contributed by atoms with Crippen LogP contribution in [0.5, 0.6) is 0 Å². The van der Waals surface area contributed by atoms with Crippen LogP contribution in [0, 0.1) is 20.8 Å². The molecule has 0 bridgehead atoms. The van der Waals surface area contributed by atoms with Gasteiger partial charge in [0.15, 0.2) is 0 Å². The molecule has 0 aliphatic heterocycles. The molecule has 7 heteroatoms. The number of nitrogens with zero attached hydrogens (tertiary/aromatic N) is 3. The summed E-state index contributed by atoms with van der Waals surface area (Å²) in [5.74, 6) is -0.00281. The first-order valence-corrected chi connectivity index (χ1v) is 11.0. The molecule has 3 aromatic carbocycles. The molecule has 0 saturated carbocycles. The quantitative estimate of drug-likeness (QED) is 0.494. The van der Waals surface area contributed by atoms with Gasteiger partial charge in [0.1, 0.15) is 5.82 Å². The topological polar surface area (TPSA) is 84.3 Å². The van der Waals surface area contributed by atoms with Gasteiger partial charge in [-0.25, -0.2) is 4.98 Å². The molecule has 34 heavy (non-hydrogen) atoms. The average Bonchev–Trinajstić information content (AvgIpc) is 2.81. The standard InChI is InChI=1S/C27H26N4O3/c1-17-9-10-18(2)24(15-17)29-25(32)16-30(4)26(33)20-11-13-21(14-12-20)31-19(3)28-23-8-6-5-7-22(23)27(31)34/h5-15H,16H2,1-4H3,(H,29,32). The molecule has 1 N–H and O–H groups in total. The third-order valence-corrected chi connectivity index (χ3v) is 5.71. The average molecular weight is 455 g/mol. The summed E-state index contributed by atoms with van der Waals surface area (Å²) in [6, 6.07) is 19.8. The predicted molar refractivity (Wildman–Crippen MR) is 134 cm³/mol. The summed E-state index contributed by atoms with van der Waals surface area (Å²) in [4.78, 5) is 44.3. The fourth-order valence-electron chi connectivity index (χ4n) is 3.87. The van der Waals surface area contributed by atoms with E-state index >= 15 is 0 Å². The summed E-state index contributed by atoms with van der Waals surface area (Å²) >= 11 is 0.